The van der Waals surface area contributed by atoms with Gasteiger partial charge in [0.15, 0.2) is 18.2 Å². The molecule has 2 heterocycles. The first kappa shape index (κ1) is 41.6. The molecule has 12 heteroatoms. The first-order valence-electron chi connectivity index (χ1n) is 19.2. The van der Waals surface area contributed by atoms with Gasteiger partial charge in [-0.15, -0.1) is 0 Å². The van der Waals surface area contributed by atoms with Crippen LogP contribution in [0.4, 0.5) is 0 Å². The molecule has 5 aliphatic rings. The number of ether oxygens (including phenoxy) is 3. The second-order valence-electron chi connectivity index (χ2n) is 16.0. The Morgan fingerprint density at radius 3 is 2.43 bits per heavy atom. The minimum atomic E-state index is -1.68. The van der Waals surface area contributed by atoms with Crippen molar-refractivity contribution in [2.24, 2.45) is 35.5 Å². The molecule has 2 saturated carbocycles. The molecular weight excluding hydrogens is 696 g/mol. The van der Waals surface area contributed by atoms with Gasteiger partial charge in [-0.25, -0.2) is 4.79 Å². The van der Waals surface area contributed by atoms with Crippen molar-refractivity contribution < 1.29 is 58.9 Å². The first-order valence-corrected chi connectivity index (χ1v) is 19.2. The molecule has 12 nitrogen and oxygen atoms in total. The zero-order valence-electron chi connectivity index (χ0n) is 32.0. The van der Waals surface area contributed by atoms with Gasteiger partial charge in [-0.05, 0) is 102 Å². The van der Waals surface area contributed by atoms with E-state index in [-0.39, 0.29) is 30.6 Å². The van der Waals surface area contributed by atoms with E-state index in [4.69, 9.17) is 14.2 Å². The number of carboxylic acid groups (broad SMARTS) is 1. The van der Waals surface area contributed by atoms with Gasteiger partial charge in [0, 0.05) is 17.4 Å². The van der Waals surface area contributed by atoms with Gasteiger partial charge in [0.25, 0.3) is 0 Å². The zero-order valence-corrected chi connectivity index (χ0v) is 32.0. The van der Waals surface area contributed by atoms with Gasteiger partial charge < -0.3 is 39.7 Å². The highest BCUT2D eigenvalue weighted by atomic mass is 16.7. The summed E-state index contributed by atoms with van der Waals surface area (Å²) in [6.07, 6.45) is 7.63. The molecule has 0 amide bonds. The van der Waals surface area contributed by atoms with Crippen LogP contribution in [0.1, 0.15) is 86.5 Å². The lowest BCUT2D eigenvalue weighted by molar-refractivity contribution is -0.268. The van der Waals surface area contributed by atoms with Gasteiger partial charge in [0.1, 0.15) is 6.10 Å². The third kappa shape index (κ3) is 8.95. The summed E-state index contributed by atoms with van der Waals surface area (Å²) in [6.45, 7) is 10.6. The number of allylic oxidation sites excluding steroid dienone is 7. The Labute approximate surface area is 316 Å². The third-order valence-electron chi connectivity index (χ3n) is 11.9. The molecule has 0 radical (unpaired) electrons. The molecule has 0 spiro atoms. The number of ketones is 1. The van der Waals surface area contributed by atoms with Crippen LogP contribution in [0.3, 0.4) is 0 Å². The standard InChI is InChI=1S/C42H56O12/c1-20(15-21(2)16-32(44)24(5)39(48)49)11-8-7-9-12-27-22(3)17-30-28(13-10-14-33(30)53-42-38(47)37(46)36(45)25(6)52-42)35-34(27)31-19-26(43)18-29(31)23(4)40(50)54-41(35)51/h7-9,11-12,17,21,24-28,30,32-33,35-36,38,42-45,47H,10,13-16,18-19H2,1-6H3,(H,48,49)/b8-7+,12-9+,20-11+,29-23-,34-31-. The quantitative estimate of drug-likeness (QED) is 0.0864. The molecule has 0 aromatic rings. The van der Waals surface area contributed by atoms with E-state index in [0.717, 1.165) is 22.3 Å². The number of hydrogen-bond acceptors (Lipinski definition) is 11. The third-order valence-corrected chi connectivity index (χ3v) is 11.9. The maximum absolute atomic E-state index is 14.2. The molecular formula is C42H56O12. The van der Waals surface area contributed by atoms with E-state index in [9.17, 15) is 44.7 Å². The molecule has 0 aromatic carbocycles. The van der Waals surface area contributed by atoms with E-state index in [1.165, 1.54) is 13.8 Å². The van der Waals surface area contributed by atoms with E-state index < -0.39 is 84.4 Å². The summed E-state index contributed by atoms with van der Waals surface area (Å²) < 4.78 is 17.7. The lowest BCUT2D eigenvalue weighted by Gasteiger charge is -2.43. The number of carbonyl (C=O) groups is 4. The Morgan fingerprint density at radius 1 is 1.02 bits per heavy atom. The molecule has 54 heavy (non-hydrogen) atoms. The molecule has 5 N–H and O–H groups in total. The molecule has 0 aromatic heterocycles. The fourth-order valence-electron chi connectivity index (χ4n) is 8.94. The molecule has 296 valence electrons. The highest BCUT2D eigenvalue weighted by molar-refractivity contribution is 5.99. The van der Waals surface area contributed by atoms with Gasteiger partial charge in [-0.3, -0.25) is 14.4 Å². The number of cyclic esters (lactones) is 2. The minimum absolute atomic E-state index is 0.0734. The van der Waals surface area contributed by atoms with Crippen LogP contribution in [0.2, 0.25) is 0 Å². The summed E-state index contributed by atoms with van der Waals surface area (Å²) in [5.74, 6) is -5.94. The van der Waals surface area contributed by atoms with Crippen LogP contribution in [-0.4, -0.2) is 92.1 Å². The number of aliphatic hydroxyl groups excluding tert-OH is 4. The average Bonchev–Trinajstić information content (AvgIpc) is 3.44. The van der Waals surface area contributed by atoms with Crippen LogP contribution in [-0.2, 0) is 33.4 Å². The largest absolute Gasteiger partial charge is 0.481 e. The Morgan fingerprint density at radius 2 is 1.72 bits per heavy atom. The van der Waals surface area contributed by atoms with Crippen molar-refractivity contribution in [2.45, 2.75) is 129 Å². The number of fused-ring (bicyclic) bond motifs is 4. The highest BCUT2D eigenvalue weighted by Crippen LogP contribution is 2.52. The van der Waals surface area contributed by atoms with Gasteiger partial charge in [0.2, 0.25) is 0 Å². The van der Waals surface area contributed by atoms with Gasteiger partial charge in [-0.1, -0.05) is 60.9 Å². The number of rotatable bonds is 11. The van der Waals surface area contributed by atoms with Crippen LogP contribution in [0, 0.1) is 35.5 Å². The van der Waals surface area contributed by atoms with Crippen molar-refractivity contribution in [2.75, 3.05) is 0 Å². The van der Waals surface area contributed by atoms with Gasteiger partial charge >= 0.3 is 17.9 Å². The molecule has 3 fully saturated rings. The Hall–Kier alpha value is -3.52. The molecule has 1 saturated heterocycles. The molecule has 13 atom stereocenters. The summed E-state index contributed by atoms with van der Waals surface area (Å²) in [7, 11) is 0. The lowest BCUT2D eigenvalue weighted by Crippen LogP contribution is -2.56. The number of Topliss-reactive ketones (excluding diaryl/α,β-unsaturated/α-hetero) is 1. The highest BCUT2D eigenvalue weighted by Gasteiger charge is 2.51. The van der Waals surface area contributed by atoms with E-state index in [2.05, 4.69) is 6.08 Å². The summed E-state index contributed by atoms with van der Waals surface area (Å²) in [5, 5.41) is 51.3. The first-order chi connectivity index (χ1) is 25.5. The predicted molar refractivity (Wildman–Crippen MR) is 197 cm³/mol. The number of hydrogen-bond donors (Lipinski definition) is 5. The smallest absolute Gasteiger partial charge is 0.341 e. The molecule has 0 bridgehead atoms. The minimum Gasteiger partial charge on any atom is -0.481 e. The summed E-state index contributed by atoms with van der Waals surface area (Å²) in [6, 6.07) is 0. The Bertz CT molecular complexity index is 1660. The van der Waals surface area contributed by atoms with Crippen LogP contribution in [0.15, 0.2) is 69.9 Å². The van der Waals surface area contributed by atoms with Gasteiger partial charge in [-0.2, -0.15) is 0 Å². The number of esters is 2. The number of aliphatic carboxylic acids is 1. The topological polar surface area (TPSA) is 197 Å². The number of carboxylic acids is 1. The molecule has 3 aliphatic carbocycles. The van der Waals surface area contributed by atoms with Crippen molar-refractivity contribution in [3.63, 3.8) is 0 Å². The van der Waals surface area contributed by atoms with Crippen molar-refractivity contribution in [3.05, 3.63) is 69.9 Å². The van der Waals surface area contributed by atoms with Gasteiger partial charge in [0.05, 0.1) is 36.3 Å². The lowest BCUT2D eigenvalue weighted by atomic mass is 9.67. The summed E-state index contributed by atoms with van der Waals surface area (Å²) in [5.41, 5.74) is 4.58. The predicted octanol–water partition coefficient (Wildman–Crippen LogP) is 4.42. The summed E-state index contributed by atoms with van der Waals surface area (Å²) in [4.78, 5) is 51.2. The fraction of sp³-hybridized carbons (Fsp3) is 0.619. The number of carbonyl (C=O) groups excluding carboxylic acids is 3. The monoisotopic (exact) mass is 752 g/mol. The zero-order chi connectivity index (χ0) is 39.6. The molecule has 5 rings (SSSR count). The fourth-order valence-corrected chi connectivity index (χ4v) is 8.94. The van der Waals surface area contributed by atoms with Crippen molar-refractivity contribution in [1.29, 1.82) is 0 Å². The maximum atomic E-state index is 14.2. The normalized spacial score (nSPS) is 38.1. The van der Waals surface area contributed by atoms with Crippen LogP contribution < -0.4 is 0 Å². The Kier molecular flexibility index (Phi) is 13.5. The molecule has 13 unspecified atom stereocenters. The maximum Gasteiger partial charge on any atom is 0.341 e. The van der Waals surface area contributed by atoms with E-state index >= 15 is 0 Å². The second kappa shape index (κ2) is 17.5. The van der Waals surface area contributed by atoms with Crippen LogP contribution in [0.25, 0.3) is 0 Å². The van der Waals surface area contributed by atoms with E-state index in [1.807, 2.05) is 51.2 Å². The Balaban J connectivity index is 1.48. The SMILES string of the molecule is CC1=CC2C(OC3OC(C)C(O)C(=O)C3O)CCCC2C2C(=O)OC(=O)/C(C)=C3/CC(O)C/C3=C/2C1/C=C/C=C/C=C(\C)CC(C)CC(O)C(C)C(=O)O. The summed E-state index contributed by atoms with van der Waals surface area (Å²) >= 11 is 0. The van der Waals surface area contributed by atoms with Crippen molar-refractivity contribution in [1.82, 2.24) is 0 Å². The van der Waals surface area contributed by atoms with Crippen LogP contribution in [0.5, 0.6) is 0 Å². The molecule has 2 aliphatic heterocycles. The second-order valence-corrected chi connectivity index (χ2v) is 16.0. The number of aliphatic hydroxyl groups is 4. The van der Waals surface area contributed by atoms with Crippen LogP contribution >= 0.6 is 0 Å². The van der Waals surface area contributed by atoms with E-state index in [1.54, 1.807) is 6.92 Å². The van der Waals surface area contributed by atoms with E-state index in [0.29, 0.717) is 43.3 Å². The van der Waals surface area contributed by atoms with Crippen molar-refractivity contribution >= 4 is 23.7 Å². The average molecular weight is 753 g/mol. The van der Waals surface area contributed by atoms with Crippen molar-refractivity contribution in [3.8, 4) is 0 Å².